The molecular weight excluding hydrogens is 204 g/mol. The third-order valence-electron chi connectivity index (χ3n) is 3.57. The van der Waals surface area contributed by atoms with Gasteiger partial charge in [0.15, 0.2) is 0 Å². The number of aliphatic hydroxyl groups excluding tert-OH is 2. The SMILES string of the molecule is N[C@@H]1CCCC[C@H]1N.O[C@@H]1CCCC[C@H]1O. The van der Waals surface area contributed by atoms with Crippen LogP contribution in [-0.4, -0.2) is 34.5 Å². The summed E-state index contributed by atoms with van der Waals surface area (Å²) in [4.78, 5) is 0. The molecule has 16 heavy (non-hydrogen) atoms. The molecule has 0 bridgehead atoms. The van der Waals surface area contributed by atoms with E-state index in [9.17, 15) is 0 Å². The first-order valence-electron chi connectivity index (χ1n) is 6.48. The largest absolute Gasteiger partial charge is 0.390 e. The molecule has 2 aliphatic rings. The summed E-state index contributed by atoms with van der Waals surface area (Å²) in [7, 11) is 0. The van der Waals surface area contributed by atoms with Crippen molar-refractivity contribution in [1.82, 2.24) is 0 Å². The monoisotopic (exact) mass is 230 g/mol. The summed E-state index contributed by atoms with van der Waals surface area (Å²) in [5.74, 6) is 0. The fourth-order valence-corrected chi connectivity index (χ4v) is 2.28. The molecule has 0 heterocycles. The summed E-state index contributed by atoms with van der Waals surface area (Å²) in [6, 6.07) is 0.562. The maximum atomic E-state index is 8.93. The van der Waals surface area contributed by atoms with E-state index in [1.807, 2.05) is 0 Å². The minimum Gasteiger partial charge on any atom is -0.390 e. The topological polar surface area (TPSA) is 92.5 Å². The zero-order chi connectivity index (χ0) is 12.0. The normalized spacial score (nSPS) is 39.8. The van der Waals surface area contributed by atoms with E-state index >= 15 is 0 Å². The molecule has 0 aromatic rings. The van der Waals surface area contributed by atoms with Crippen molar-refractivity contribution < 1.29 is 10.2 Å². The van der Waals surface area contributed by atoms with E-state index in [0.29, 0.717) is 0 Å². The molecule has 0 aliphatic heterocycles. The van der Waals surface area contributed by atoms with E-state index in [0.717, 1.165) is 38.5 Å². The van der Waals surface area contributed by atoms with E-state index in [1.165, 1.54) is 12.8 Å². The Balaban J connectivity index is 0.000000160. The van der Waals surface area contributed by atoms with Crippen LogP contribution in [0.2, 0.25) is 0 Å². The third kappa shape index (κ3) is 4.78. The van der Waals surface area contributed by atoms with Crippen LogP contribution in [0.15, 0.2) is 0 Å². The Bertz CT molecular complexity index is 150. The third-order valence-corrected chi connectivity index (χ3v) is 3.57. The molecule has 0 amide bonds. The average molecular weight is 230 g/mol. The maximum absolute atomic E-state index is 8.93. The van der Waals surface area contributed by atoms with Gasteiger partial charge in [-0.2, -0.15) is 0 Å². The van der Waals surface area contributed by atoms with Crippen molar-refractivity contribution in [3.63, 3.8) is 0 Å². The highest BCUT2D eigenvalue weighted by atomic mass is 16.3. The van der Waals surface area contributed by atoms with E-state index in [1.54, 1.807) is 0 Å². The van der Waals surface area contributed by atoms with Gasteiger partial charge in [0.2, 0.25) is 0 Å². The first kappa shape index (κ1) is 13.9. The highest BCUT2D eigenvalue weighted by Crippen LogP contribution is 2.17. The Kier molecular flexibility index (Phi) is 6.28. The molecule has 96 valence electrons. The van der Waals surface area contributed by atoms with Gasteiger partial charge in [-0.3, -0.25) is 0 Å². The van der Waals surface area contributed by atoms with Gasteiger partial charge in [-0.05, 0) is 25.7 Å². The fourth-order valence-electron chi connectivity index (χ4n) is 2.28. The lowest BCUT2D eigenvalue weighted by Gasteiger charge is -2.24. The second-order valence-corrected chi connectivity index (χ2v) is 5.03. The van der Waals surface area contributed by atoms with Gasteiger partial charge in [-0.25, -0.2) is 0 Å². The van der Waals surface area contributed by atoms with Crippen LogP contribution in [0.1, 0.15) is 51.4 Å². The summed E-state index contributed by atoms with van der Waals surface area (Å²) in [5.41, 5.74) is 11.3. The highest BCUT2D eigenvalue weighted by Gasteiger charge is 2.19. The Morgan fingerprint density at radius 1 is 0.625 bits per heavy atom. The van der Waals surface area contributed by atoms with Crippen LogP contribution in [0.5, 0.6) is 0 Å². The van der Waals surface area contributed by atoms with Crippen molar-refractivity contribution in [2.45, 2.75) is 75.7 Å². The van der Waals surface area contributed by atoms with Crippen molar-refractivity contribution in [1.29, 1.82) is 0 Å². The lowest BCUT2D eigenvalue weighted by molar-refractivity contribution is -0.00865. The predicted molar refractivity (Wildman–Crippen MR) is 64.9 cm³/mol. The van der Waals surface area contributed by atoms with Crippen LogP contribution >= 0.6 is 0 Å². The second-order valence-electron chi connectivity index (χ2n) is 5.03. The lowest BCUT2D eigenvalue weighted by atomic mass is 9.92. The van der Waals surface area contributed by atoms with Crippen LogP contribution in [0.4, 0.5) is 0 Å². The molecule has 4 atom stereocenters. The molecule has 4 heteroatoms. The minimum absolute atomic E-state index is 0.281. The van der Waals surface area contributed by atoms with Crippen molar-refractivity contribution in [2.75, 3.05) is 0 Å². The zero-order valence-corrected chi connectivity index (χ0v) is 10.0. The van der Waals surface area contributed by atoms with Crippen molar-refractivity contribution in [3.8, 4) is 0 Å². The van der Waals surface area contributed by atoms with Gasteiger partial charge < -0.3 is 21.7 Å². The molecule has 2 aliphatic carbocycles. The summed E-state index contributed by atoms with van der Waals surface area (Å²) in [6.45, 7) is 0. The van der Waals surface area contributed by atoms with Crippen LogP contribution in [-0.2, 0) is 0 Å². The summed E-state index contributed by atoms with van der Waals surface area (Å²) in [5, 5.41) is 17.9. The van der Waals surface area contributed by atoms with Crippen molar-refractivity contribution in [3.05, 3.63) is 0 Å². The summed E-state index contributed by atoms with van der Waals surface area (Å²) in [6.07, 6.45) is 7.61. The molecule has 4 nitrogen and oxygen atoms in total. The minimum atomic E-state index is -0.441. The number of nitrogens with two attached hydrogens (primary N) is 2. The first-order valence-corrected chi connectivity index (χ1v) is 6.48. The molecule has 0 unspecified atom stereocenters. The lowest BCUT2D eigenvalue weighted by Crippen LogP contribution is -2.43. The zero-order valence-electron chi connectivity index (χ0n) is 10.0. The van der Waals surface area contributed by atoms with E-state index in [4.69, 9.17) is 21.7 Å². The maximum Gasteiger partial charge on any atom is 0.0799 e. The van der Waals surface area contributed by atoms with Crippen molar-refractivity contribution >= 4 is 0 Å². The predicted octanol–water partition coefficient (Wildman–Crippen LogP) is 0.497. The number of hydrogen-bond acceptors (Lipinski definition) is 4. The molecule has 0 saturated heterocycles. The quantitative estimate of drug-likeness (QED) is 0.487. The van der Waals surface area contributed by atoms with Gasteiger partial charge in [0.05, 0.1) is 12.2 Å². The number of rotatable bonds is 0. The number of aliphatic hydroxyl groups is 2. The molecule has 0 radical (unpaired) electrons. The molecule has 0 aromatic carbocycles. The van der Waals surface area contributed by atoms with Gasteiger partial charge in [-0.15, -0.1) is 0 Å². The van der Waals surface area contributed by atoms with Gasteiger partial charge in [-0.1, -0.05) is 25.7 Å². The van der Waals surface area contributed by atoms with Crippen LogP contribution in [0, 0.1) is 0 Å². The Hall–Kier alpha value is -0.160. The molecular formula is C12H26N2O2. The smallest absolute Gasteiger partial charge is 0.0799 e. The summed E-state index contributed by atoms with van der Waals surface area (Å²) < 4.78 is 0. The van der Waals surface area contributed by atoms with E-state index in [2.05, 4.69) is 0 Å². The van der Waals surface area contributed by atoms with Gasteiger partial charge in [0, 0.05) is 12.1 Å². The van der Waals surface area contributed by atoms with Gasteiger partial charge in [0.25, 0.3) is 0 Å². The van der Waals surface area contributed by atoms with Crippen LogP contribution < -0.4 is 11.5 Å². The second kappa shape index (κ2) is 7.22. The molecule has 2 fully saturated rings. The Morgan fingerprint density at radius 3 is 1.19 bits per heavy atom. The summed E-state index contributed by atoms with van der Waals surface area (Å²) >= 11 is 0. The first-order chi connectivity index (χ1) is 7.61. The standard InChI is InChI=1S/C6H14N2.C6H12O2/c2*7-5-3-1-2-4-6(5)8/h5-6H,1-4,7-8H2;5-8H,1-4H2/t2*5-,6-/m11/s1. The number of hydrogen-bond donors (Lipinski definition) is 4. The fraction of sp³-hybridized carbons (Fsp3) is 1.00. The molecule has 0 aromatic heterocycles. The Labute approximate surface area is 98.0 Å². The van der Waals surface area contributed by atoms with E-state index in [-0.39, 0.29) is 12.1 Å². The van der Waals surface area contributed by atoms with Crippen LogP contribution in [0.3, 0.4) is 0 Å². The van der Waals surface area contributed by atoms with Crippen molar-refractivity contribution in [2.24, 2.45) is 11.5 Å². The average Bonchev–Trinajstić information content (AvgIpc) is 2.28. The molecule has 0 spiro atoms. The highest BCUT2D eigenvalue weighted by molar-refractivity contribution is 4.79. The van der Waals surface area contributed by atoms with Crippen LogP contribution in [0.25, 0.3) is 0 Å². The van der Waals surface area contributed by atoms with Gasteiger partial charge in [0.1, 0.15) is 0 Å². The molecule has 2 rings (SSSR count). The molecule has 2 saturated carbocycles. The molecule has 6 N–H and O–H groups in total. The van der Waals surface area contributed by atoms with E-state index < -0.39 is 12.2 Å². The van der Waals surface area contributed by atoms with Gasteiger partial charge >= 0.3 is 0 Å². The Morgan fingerprint density at radius 2 is 0.938 bits per heavy atom.